The van der Waals surface area contributed by atoms with Crippen molar-refractivity contribution in [2.75, 3.05) is 31.1 Å². The van der Waals surface area contributed by atoms with E-state index in [0.717, 1.165) is 28.8 Å². The number of aromatic nitrogens is 6. The van der Waals surface area contributed by atoms with Crippen molar-refractivity contribution in [2.24, 2.45) is 0 Å². The molecule has 6 rings (SSSR count). The lowest BCUT2D eigenvalue weighted by molar-refractivity contribution is -0.0360. The maximum absolute atomic E-state index is 14.4. The van der Waals surface area contributed by atoms with Crippen molar-refractivity contribution >= 4 is 45.2 Å². The first-order valence-electron chi connectivity index (χ1n) is 14.6. The van der Waals surface area contributed by atoms with Gasteiger partial charge in [0, 0.05) is 49.5 Å². The largest absolute Gasteiger partial charge is 0.470 e. The maximum atomic E-state index is 14.4. The van der Waals surface area contributed by atoms with Crippen molar-refractivity contribution < 1.29 is 23.0 Å². The molecule has 0 aliphatic carbocycles. The van der Waals surface area contributed by atoms with Gasteiger partial charge in [0.05, 0.1) is 36.6 Å². The molecule has 0 amide bonds. The van der Waals surface area contributed by atoms with Gasteiger partial charge in [0.15, 0.2) is 6.23 Å². The molecule has 0 N–H and O–H groups in total. The van der Waals surface area contributed by atoms with Crippen LogP contribution in [0.3, 0.4) is 0 Å². The summed E-state index contributed by atoms with van der Waals surface area (Å²) < 4.78 is 44.1. The van der Waals surface area contributed by atoms with E-state index in [9.17, 15) is 13.6 Å². The Morgan fingerprint density at radius 2 is 1.87 bits per heavy atom. The Balaban J connectivity index is 1.06. The van der Waals surface area contributed by atoms with Gasteiger partial charge in [-0.1, -0.05) is 24.6 Å². The molecule has 236 valence electrons. The van der Waals surface area contributed by atoms with Crippen LogP contribution in [0.2, 0.25) is 5.02 Å². The molecule has 0 bridgehead atoms. The summed E-state index contributed by atoms with van der Waals surface area (Å²) in [6.45, 7) is 7.44. The molecule has 1 unspecified atom stereocenters. The van der Waals surface area contributed by atoms with E-state index in [2.05, 4.69) is 36.3 Å². The van der Waals surface area contributed by atoms with E-state index in [0.29, 0.717) is 50.0 Å². The van der Waals surface area contributed by atoms with Crippen molar-refractivity contribution in [1.29, 1.82) is 0 Å². The van der Waals surface area contributed by atoms with Crippen molar-refractivity contribution in [3.05, 3.63) is 82.1 Å². The maximum Gasteiger partial charge on any atom is 0.350 e. The predicted molar refractivity (Wildman–Crippen MR) is 166 cm³/mol. The van der Waals surface area contributed by atoms with Crippen LogP contribution >= 0.6 is 22.9 Å². The van der Waals surface area contributed by atoms with E-state index in [1.165, 1.54) is 29.5 Å². The van der Waals surface area contributed by atoms with E-state index in [4.69, 9.17) is 21.1 Å². The fourth-order valence-electron chi connectivity index (χ4n) is 5.21. The van der Waals surface area contributed by atoms with Gasteiger partial charge >= 0.3 is 5.97 Å². The molecule has 1 aromatic carbocycles. The lowest BCUT2D eigenvalue weighted by atomic mass is 10.2. The van der Waals surface area contributed by atoms with Crippen LogP contribution in [0, 0.1) is 11.6 Å². The highest BCUT2D eigenvalue weighted by atomic mass is 35.5. The van der Waals surface area contributed by atoms with Crippen LogP contribution in [0.4, 0.5) is 14.7 Å². The molecule has 1 fully saturated rings. The van der Waals surface area contributed by atoms with E-state index >= 15 is 0 Å². The second kappa shape index (κ2) is 13.5. The van der Waals surface area contributed by atoms with Crippen LogP contribution in [0.5, 0.6) is 5.88 Å². The third-order valence-corrected chi connectivity index (χ3v) is 8.91. The Labute approximate surface area is 267 Å². The van der Waals surface area contributed by atoms with E-state index in [1.807, 2.05) is 28.7 Å². The average molecular weight is 657 g/mol. The second-order valence-corrected chi connectivity index (χ2v) is 12.0. The minimum Gasteiger partial charge on any atom is -0.470 e. The number of ether oxygens (including phenoxy) is 2. The van der Waals surface area contributed by atoms with E-state index in [1.54, 1.807) is 12.7 Å². The van der Waals surface area contributed by atoms with Crippen LogP contribution in [-0.2, 0) is 24.4 Å². The average Bonchev–Trinajstić information content (AvgIpc) is 3.77. The van der Waals surface area contributed by atoms with Crippen LogP contribution in [-0.4, -0.2) is 72.3 Å². The Kier molecular flexibility index (Phi) is 9.24. The van der Waals surface area contributed by atoms with Crippen molar-refractivity contribution in [3.63, 3.8) is 0 Å². The number of hydrogen-bond donors (Lipinski definition) is 0. The number of carbonyl (C=O) groups is 1. The summed E-state index contributed by atoms with van der Waals surface area (Å²) in [5.74, 6) is -1.65. The number of halogens is 3. The summed E-state index contributed by atoms with van der Waals surface area (Å²) in [5.41, 5.74) is 2.16. The molecule has 0 saturated carbocycles. The van der Waals surface area contributed by atoms with Crippen molar-refractivity contribution in [2.45, 2.75) is 46.2 Å². The van der Waals surface area contributed by atoms with Gasteiger partial charge in [-0.3, -0.25) is 4.90 Å². The predicted octanol–water partition coefficient (Wildman–Crippen LogP) is 5.38. The molecular weight excluding hydrogens is 626 g/mol. The molecule has 1 aliphatic heterocycles. The smallest absolute Gasteiger partial charge is 0.350 e. The number of carbonyl (C=O) groups excluding carboxylic acids is 1. The fourth-order valence-corrected chi connectivity index (χ4v) is 6.26. The minimum atomic E-state index is -0.745. The van der Waals surface area contributed by atoms with Crippen LogP contribution in [0.1, 0.15) is 41.2 Å². The summed E-state index contributed by atoms with van der Waals surface area (Å²) in [6, 6.07) is 6.02. The number of benzene rings is 1. The van der Waals surface area contributed by atoms with Crippen LogP contribution in [0.15, 0.2) is 49.3 Å². The molecule has 1 saturated heterocycles. The first kappa shape index (κ1) is 30.9. The summed E-state index contributed by atoms with van der Waals surface area (Å²) in [6.07, 6.45) is 6.64. The number of hydrogen-bond acceptors (Lipinski definition) is 10. The van der Waals surface area contributed by atoms with Gasteiger partial charge in [0.1, 0.15) is 22.1 Å². The second-order valence-electron chi connectivity index (χ2n) is 10.5. The first-order valence-corrected chi connectivity index (χ1v) is 15.7. The molecule has 5 heterocycles. The van der Waals surface area contributed by atoms with Gasteiger partial charge < -0.3 is 23.5 Å². The van der Waals surface area contributed by atoms with Crippen LogP contribution < -0.4 is 9.64 Å². The minimum absolute atomic E-state index is 0.212. The summed E-state index contributed by atoms with van der Waals surface area (Å²) in [7, 11) is 0. The number of piperazine rings is 1. The highest BCUT2D eigenvalue weighted by Gasteiger charge is 2.28. The van der Waals surface area contributed by atoms with E-state index < -0.39 is 23.8 Å². The van der Waals surface area contributed by atoms with Gasteiger partial charge in [0.2, 0.25) is 11.8 Å². The number of imidazole rings is 2. The quantitative estimate of drug-likeness (QED) is 0.173. The van der Waals surface area contributed by atoms with Gasteiger partial charge in [-0.05, 0) is 31.5 Å². The zero-order chi connectivity index (χ0) is 31.5. The summed E-state index contributed by atoms with van der Waals surface area (Å²) in [4.78, 5) is 35.6. The topological polar surface area (TPSA) is 103 Å². The van der Waals surface area contributed by atoms with Gasteiger partial charge in [-0.2, -0.15) is 9.37 Å². The standard InChI is InChI=1S/C30H31ClF2N8O3S/c1-3-26(44-29(42)25-12-24-28(45-25)36-18-41(24)15-21-13-34-17-38(21)4-2)39-7-9-40(10-8-39)30-35-14-23(33)27(37-30)43-16-19-5-6-20(31)11-22(19)32/h5-6,11-14,17-18,26H,3-4,7-10,15-16H2,1-2H3. The molecule has 15 heteroatoms. The highest BCUT2D eigenvalue weighted by molar-refractivity contribution is 7.20. The Bertz CT molecular complexity index is 1800. The summed E-state index contributed by atoms with van der Waals surface area (Å²) >= 11 is 7.11. The third kappa shape index (κ3) is 6.77. The van der Waals surface area contributed by atoms with Gasteiger partial charge in [-0.25, -0.2) is 24.1 Å². The van der Waals surface area contributed by atoms with Crippen molar-refractivity contribution in [1.82, 2.24) is 34.0 Å². The molecule has 0 radical (unpaired) electrons. The van der Waals surface area contributed by atoms with E-state index in [-0.39, 0.29) is 23.1 Å². The third-order valence-electron chi connectivity index (χ3n) is 7.67. The number of rotatable bonds is 11. The molecule has 0 spiro atoms. The molecule has 11 nitrogen and oxygen atoms in total. The molecule has 45 heavy (non-hydrogen) atoms. The zero-order valence-corrected chi connectivity index (χ0v) is 26.3. The Hall–Kier alpha value is -4.14. The van der Waals surface area contributed by atoms with Gasteiger partial charge in [0.25, 0.3) is 5.88 Å². The number of aryl methyl sites for hydroxylation is 1. The Morgan fingerprint density at radius 1 is 1.04 bits per heavy atom. The lowest BCUT2D eigenvalue weighted by Gasteiger charge is -2.38. The highest BCUT2D eigenvalue weighted by Crippen LogP contribution is 2.27. The number of esters is 1. The van der Waals surface area contributed by atoms with Crippen LogP contribution in [0.25, 0.3) is 10.3 Å². The normalized spacial score (nSPS) is 14.6. The Morgan fingerprint density at radius 3 is 2.62 bits per heavy atom. The monoisotopic (exact) mass is 656 g/mol. The number of anilines is 1. The first-order chi connectivity index (χ1) is 21.8. The zero-order valence-electron chi connectivity index (χ0n) is 24.7. The molecule has 5 aromatic rings. The number of nitrogens with zero attached hydrogens (tertiary/aromatic N) is 8. The fraction of sp³-hybridized carbons (Fsp3) is 0.367. The molecule has 1 aliphatic rings. The number of fused-ring (bicyclic) bond motifs is 1. The van der Waals surface area contributed by atoms with Crippen molar-refractivity contribution in [3.8, 4) is 5.88 Å². The number of thiophene rings is 1. The SMILES string of the molecule is CCC(OC(=O)c1cc2c(ncn2Cc2cncn2CC)s1)N1CCN(c2ncc(F)c(OCc3ccc(Cl)cc3F)n2)CC1. The summed E-state index contributed by atoms with van der Waals surface area (Å²) in [5, 5.41) is 0.259. The molecule has 4 aromatic heterocycles. The molecule has 1 atom stereocenters. The van der Waals surface area contributed by atoms with Gasteiger partial charge in [-0.15, -0.1) is 11.3 Å². The molecular formula is C30H31ClF2N8O3S. The lowest BCUT2D eigenvalue weighted by Crippen LogP contribution is -2.51.